The fraction of sp³-hybridized carbons (Fsp3) is 0.400. The monoisotopic (exact) mass is 326 g/mol. The van der Waals surface area contributed by atoms with Gasteiger partial charge in [-0.3, -0.25) is 19.3 Å². The van der Waals surface area contributed by atoms with Crippen molar-refractivity contribution in [2.45, 2.75) is 25.9 Å². The van der Waals surface area contributed by atoms with E-state index in [0.29, 0.717) is 13.0 Å². The summed E-state index contributed by atoms with van der Waals surface area (Å²) in [7, 11) is 0. The smallest absolute Gasteiger partial charge is 0.387 e. The van der Waals surface area contributed by atoms with Gasteiger partial charge in [0.25, 0.3) is 0 Å². The maximum atomic E-state index is 12.0. The number of imide groups is 1. The van der Waals surface area contributed by atoms with E-state index >= 15 is 0 Å². The molecule has 0 aliphatic carbocycles. The maximum Gasteiger partial charge on any atom is 0.387 e. The van der Waals surface area contributed by atoms with Gasteiger partial charge in [-0.1, -0.05) is 12.1 Å². The summed E-state index contributed by atoms with van der Waals surface area (Å²) in [6.45, 7) is -2.82. The van der Waals surface area contributed by atoms with Gasteiger partial charge in [0.2, 0.25) is 17.7 Å². The van der Waals surface area contributed by atoms with E-state index < -0.39 is 12.5 Å². The predicted molar refractivity (Wildman–Crippen MR) is 75.7 cm³/mol. The highest BCUT2D eigenvalue weighted by atomic mass is 19.3. The van der Waals surface area contributed by atoms with Crippen LogP contribution in [0.15, 0.2) is 24.3 Å². The lowest BCUT2D eigenvalue weighted by atomic mass is 10.1. The first-order chi connectivity index (χ1) is 11.0. The Bertz CT molecular complexity index is 574. The minimum absolute atomic E-state index is 0.0684. The topological polar surface area (TPSA) is 75.7 Å². The minimum Gasteiger partial charge on any atom is -0.435 e. The van der Waals surface area contributed by atoms with Crippen LogP contribution >= 0.6 is 0 Å². The number of carbonyl (C=O) groups is 3. The Kier molecular flexibility index (Phi) is 5.61. The molecule has 23 heavy (non-hydrogen) atoms. The third kappa shape index (κ3) is 5.01. The molecule has 8 heteroatoms. The largest absolute Gasteiger partial charge is 0.435 e. The van der Waals surface area contributed by atoms with Crippen molar-refractivity contribution in [1.82, 2.24) is 10.2 Å². The molecule has 0 saturated carbocycles. The van der Waals surface area contributed by atoms with E-state index in [4.69, 9.17) is 0 Å². The number of hydrogen-bond acceptors (Lipinski definition) is 4. The number of alkyl halides is 2. The van der Waals surface area contributed by atoms with Gasteiger partial charge in [0.05, 0.1) is 0 Å². The van der Waals surface area contributed by atoms with Gasteiger partial charge in [-0.05, 0) is 24.1 Å². The highest BCUT2D eigenvalue weighted by Crippen LogP contribution is 2.15. The average Bonchev–Trinajstić information content (AvgIpc) is 2.80. The third-order valence-electron chi connectivity index (χ3n) is 3.34. The molecule has 0 bridgehead atoms. The van der Waals surface area contributed by atoms with Gasteiger partial charge in [0, 0.05) is 19.4 Å². The quantitative estimate of drug-likeness (QED) is 0.761. The highest BCUT2D eigenvalue weighted by molar-refractivity contribution is 6.04. The molecule has 124 valence electrons. The Balaban J connectivity index is 1.73. The molecule has 1 saturated heterocycles. The first-order valence-electron chi connectivity index (χ1n) is 7.09. The molecule has 1 heterocycles. The summed E-state index contributed by atoms with van der Waals surface area (Å²) in [6, 6.07) is 6.09. The summed E-state index contributed by atoms with van der Waals surface area (Å²) in [5, 5.41) is 2.61. The second-order valence-electron chi connectivity index (χ2n) is 5.00. The van der Waals surface area contributed by atoms with E-state index in [0.717, 1.165) is 10.5 Å². The second-order valence-corrected chi connectivity index (χ2v) is 5.00. The summed E-state index contributed by atoms with van der Waals surface area (Å²) in [4.78, 5) is 35.4. The Hall–Kier alpha value is -2.51. The van der Waals surface area contributed by atoms with Crippen molar-refractivity contribution >= 4 is 17.7 Å². The number of amides is 3. The molecule has 0 unspecified atom stereocenters. The van der Waals surface area contributed by atoms with Crippen LogP contribution in [0.2, 0.25) is 0 Å². The van der Waals surface area contributed by atoms with Crippen LogP contribution < -0.4 is 10.1 Å². The molecule has 0 aromatic heterocycles. The molecule has 0 spiro atoms. The van der Waals surface area contributed by atoms with Gasteiger partial charge in [-0.25, -0.2) is 0 Å². The number of likely N-dealkylation sites (tertiary alicyclic amines) is 1. The van der Waals surface area contributed by atoms with Gasteiger partial charge in [-0.2, -0.15) is 8.78 Å². The predicted octanol–water partition coefficient (Wildman–Crippen LogP) is 1.10. The molecule has 1 N–H and O–H groups in total. The number of carbonyl (C=O) groups excluding carboxylic acids is 3. The van der Waals surface area contributed by atoms with Crippen molar-refractivity contribution in [2.24, 2.45) is 0 Å². The number of halogens is 2. The Morgan fingerprint density at radius 2 is 1.78 bits per heavy atom. The minimum atomic E-state index is -2.86. The molecule has 1 aliphatic rings. The molecule has 2 rings (SSSR count). The van der Waals surface area contributed by atoms with E-state index in [-0.39, 0.29) is 37.0 Å². The number of nitrogens with one attached hydrogen (secondary N) is 1. The maximum absolute atomic E-state index is 12.0. The lowest BCUT2D eigenvalue weighted by molar-refractivity contribution is -0.142. The van der Waals surface area contributed by atoms with Gasteiger partial charge < -0.3 is 10.1 Å². The number of rotatable bonds is 7. The van der Waals surface area contributed by atoms with E-state index in [1.807, 2.05) is 0 Å². The molecule has 3 amide bonds. The average molecular weight is 326 g/mol. The van der Waals surface area contributed by atoms with Crippen LogP contribution in [-0.2, 0) is 20.8 Å². The first kappa shape index (κ1) is 16.9. The molecule has 0 atom stereocenters. The summed E-state index contributed by atoms with van der Waals surface area (Å²) in [5.41, 5.74) is 0.834. The first-order valence-corrected chi connectivity index (χ1v) is 7.09. The van der Waals surface area contributed by atoms with E-state index in [1.54, 1.807) is 12.1 Å². The molecule has 6 nitrogen and oxygen atoms in total. The van der Waals surface area contributed by atoms with Crippen molar-refractivity contribution in [1.29, 1.82) is 0 Å². The second kappa shape index (κ2) is 7.66. The fourth-order valence-corrected chi connectivity index (χ4v) is 2.18. The number of benzene rings is 1. The Morgan fingerprint density at radius 3 is 2.35 bits per heavy atom. The standard InChI is InChI=1S/C15H16F2N2O4/c16-15(17)23-11-3-1-10(2-4-11)7-8-18-12(20)9-19-13(21)5-6-14(19)22/h1-4,15H,5-9H2,(H,18,20). The zero-order chi connectivity index (χ0) is 16.8. The van der Waals surface area contributed by atoms with E-state index in [1.165, 1.54) is 12.1 Å². The van der Waals surface area contributed by atoms with Crippen LogP contribution in [0.25, 0.3) is 0 Å². The van der Waals surface area contributed by atoms with E-state index in [2.05, 4.69) is 10.1 Å². The van der Waals surface area contributed by atoms with Crippen LogP contribution in [0.1, 0.15) is 18.4 Å². The van der Waals surface area contributed by atoms with Crippen molar-refractivity contribution in [3.63, 3.8) is 0 Å². The van der Waals surface area contributed by atoms with Crippen LogP contribution in [-0.4, -0.2) is 42.3 Å². The zero-order valence-corrected chi connectivity index (χ0v) is 12.3. The zero-order valence-electron chi connectivity index (χ0n) is 12.3. The van der Waals surface area contributed by atoms with Gasteiger partial charge in [0.1, 0.15) is 12.3 Å². The lowest BCUT2D eigenvalue weighted by Crippen LogP contribution is -2.40. The van der Waals surface area contributed by atoms with Crippen molar-refractivity contribution < 1.29 is 27.9 Å². The Morgan fingerprint density at radius 1 is 1.17 bits per heavy atom. The summed E-state index contributed by atoms with van der Waals surface area (Å²) in [6.07, 6.45) is 0.793. The summed E-state index contributed by atoms with van der Waals surface area (Å²) >= 11 is 0. The molecule has 1 aliphatic heterocycles. The van der Waals surface area contributed by atoms with Gasteiger partial charge >= 0.3 is 6.61 Å². The van der Waals surface area contributed by atoms with Crippen LogP contribution in [0.5, 0.6) is 5.75 Å². The van der Waals surface area contributed by atoms with Gasteiger partial charge in [-0.15, -0.1) is 0 Å². The SMILES string of the molecule is O=C(CN1C(=O)CCC1=O)NCCc1ccc(OC(F)F)cc1. The molecular weight excluding hydrogens is 310 g/mol. The van der Waals surface area contributed by atoms with Crippen LogP contribution in [0, 0.1) is 0 Å². The van der Waals surface area contributed by atoms with Crippen molar-refractivity contribution in [2.75, 3.05) is 13.1 Å². The highest BCUT2D eigenvalue weighted by Gasteiger charge is 2.30. The molecule has 1 fully saturated rings. The van der Waals surface area contributed by atoms with Gasteiger partial charge in [0.15, 0.2) is 0 Å². The number of nitrogens with zero attached hydrogens (tertiary/aromatic N) is 1. The molecule has 1 aromatic rings. The van der Waals surface area contributed by atoms with Crippen molar-refractivity contribution in [3.05, 3.63) is 29.8 Å². The normalized spacial score (nSPS) is 14.5. The lowest BCUT2D eigenvalue weighted by Gasteiger charge is -2.13. The third-order valence-corrected chi connectivity index (χ3v) is 3.34. The molecule has 0 radical (unpaired) electrons. The van der Waals surface area contributed by atoms with Crippen LogP contribution in [0.3, 0.4) is 0 Å². The summed E-state index contributed by atoms with van der Waals surface area (Å²) in [5.74, 6) is -1.01. The number of ether oxygens (including phenoxy) is 1. The molecule has 1 aromatic carbocycles. The van der Waals surface area contributed by atoms with Crippen molar-refractivity contribution in [3.8, 4) is 5.75 Å². The fourth-order valence-electron chi connectivity index (χ4n) is 2.18. The summed E-state index contributed by atoms with van der Waals surface area (Å²) < 4.78 is 28.3. The molecular formula is C15H16F2N2O4. The Labute approximate surface area is 131 Å². The van der Waals surface area contributed by atoms with Crippen LogP contribution in [0.4, 0.5) is 8.78 Å². The van der Waals surface area contributed by atoms with E-state index in [9.17, 15) is 23.2 Å². The number of hydrogen-bond donors (Lipinski definition) is 1.